The largest absolute Gasteiger partial charge is 0.372 e. The maximum Gasteiger partial charge on any atom is 0.185 e. The Kier molecular flexibility index (Phi) is 3.22. The van der Waals surface area contributed by atoms with E-state index in [-0.39, 0.29) is 6.07 Å². The number of benzene rings is 1. The van der Waals surface area contributed by atoms with Gasteiger partial charge in [0.15, 0.2) is 23.3 Å². The van der Waals surface area contributed by atoms with Gasteiger partial charge in [0.1, 0.15) is 5.69 Å². The molecule has 0 aliphatic carbocycles. The van der Waals surface area contributed by atoms with Crippen LogP contribution in [0.4, 0.5) is 23.2 Å². The third kappa shape index (κ3) is 2.15. The summed E-state index contributed by atoms with van der Waals surface area (Å²) in [6.45, 7) is 1.56. The van der Waals surface area contributed by atoms with E-state index in [0.29, 0.717) is 5.69 Å². The summed E-state index contributed by atoms with van der Waals surface area (Å²) < 4.78 is 52.7. The number of aromatic amines is 1. The van der Waals surface area contributed by atoms with E-state index in [9.17, 15) is 17.6 Å². The SMILES string of the molecule is CC(Nc1c(F)c(F)cc(F)c1F)c1ccn[nH]1. The molecule has 1 atom stereocenters. The van der Waals surface area contributed by atoms with Crippen LogP contribution in [0.25, 0.3) is 0 Å². The average molecular weight is 259 g/mol. The number of halogens is 4. The van der Waals surface area contributed by atoms with Gasteiger partial charge in [-0.25, -0.2) is 17.6 Å². The van der Waals surface area contributed by atoms with Crippen LogP contribution in [0.3, 0.4) is 0 Å². The number of hydrogen-bond acceptors (Lipinski definition) is 2. The van der Waals surface area contributed by atoms with Crippen LogP contribution in [0.1, 0.15) is 18.7 Å². The molecule has 2 aromatic rings. The number of H-pyrrole nitrogens is 1. The Morgan fingerprint density at radius 2 is 1.78 bits per heavy atom. The van der Waals surface area contributed by atoms with Crippen molar-refractivity contribution in [2.45, 2.75) is 13.0 Å². The molecule has 0 saturated heterocycles. The first kappa shape index (κ1) is 12.4. The van der Waals surface area contributed by atoms with E-state index in [2.05, 4.69) is 15.5 Å². The Morgan fingerprint density at radius 1 is 1.17 bits per heavy atom. The van der Waals surface area contributed by atoms with E-state index in [1.807, 2.05) is 0 Å². The number of nitrogens with one attached hydrogen (secondary N) is 2. The second-order valence-corrected chi connectivity index (χ2v) is 3.72. The van der Waals surface area contributed by atoms with Gasteiger partial charge in [0.05, 0.1) is 11.7 Å². The van der Waals surface area contributed by atoms with E-state index in [0.717, 1.165) is 0 Å². The zero-order valence-corrected chi connectivity index (χ0v) is 9.27. The minimum absolute atomic E-state index is 0.163. The predicted octanol–water partition coefficient (Wildman–Crippen LogP) is 3.14. The Balaban J connectivity index is 2.34. The van der Waals surface area contributed by atoms with Crippen molar-refractivity contribution < 1.29 is 17.6 Å². The standard InChI is InChI=1S/C11H9F4N3/c1-5(8-2-3-16-18-8)17-11-9(14)6(12)4-7(13)10(11)15/h2-5,17H,1H3,(H,16,18). The van der Waals surface area contributed by atoms with Crippen molar-refractivity contribution in [1.82, 2.24) is 10.2 Å². The zero-order chi connectivity index (χ0) is 13.3. The molecule has 2 rings (SSSR count). The normalized spacial score (nSPS) is 12.5. The summed E-state index contributed by atoms with van der Waals surface area (Å²) >= 11 is 0. The van der Waals surface area contributed by atoms with Crippen LogP contribution in [0.15, 0.2) is 18.3 Å². The third-order valence-electron chi connectivity index (χ3n) is 2.46. The lowest BCUT2D eigenvalue weighted by Crippen LogP contribution is -2.12. The van der Waals surface area contributed by atoms with Crippen molar-refractivity contribution in [3.05, 3.63) is 47.3 Å². The molecule has 0 radical (unpaired) electrons. The summed E-state index contributed by atoms with van der Waals surface area (Å²) in [7, 11) is 0. The first-order valence-corrected chi connectivity index (χ1v) is 5.09. The molecule has 1 aromatic carbocycles. The molecule has 0 spiro atoms. The van der Waals surface area contributed by atoms with Crippen molar-refractivity contribution in [2.75, 3.05) is 5.32 Å². The number of anilines is 1. The minimum atomic E-state index is -1.46. The molecule has 0 fully saturated rings. The van der Waals surface area contributed by atoms with Crippen LogP contribution in [-0.2, 0) is 0 Å². The van der Waals surface area contributed by atoms with E-state index in [4.69, 9.17) is 0 Å². The van der Waals surface area contributed by atoms with Crippen molar-refractivity contribution in [3.63, 3.8) is 0 Å². The molecular weight excluding hydrogens is 250 g/mol. The maximum atomic E-state index is 13.4. The zero-order valence-electron chi connectivity index (χ0n) is 9.27. The van der Waals surface area contributed by atoms with Gasteiger partial charge in [-0.2, -0.15) is 5.10 Å². The Labute approximate surface area is 99.8 Å². The smallest absolute Gasteiger partial charge is 0.185 e. The fourth-order valence-electron chi connectivity index (χ4n) is 1.50. The first-order chi connectivity index (χ1) is 8.50. The summed E-state index contributed by atoms with van der Waals surface area (Å²) in [5.74, 6) is -5.82. The summed E-state index contributed by atoms with van der Waals surface area (Å²) in [5.41, 5.74) is -0.312. The van der Waals surface area contributed by atoms with E-state index >= 15 is 0 Å². The lowest BCUT2D eigenvalue weighted by atomic mass is 10.2. The van der Waals surface area contributed by atoms with Gasteiger partial charge in [-0.3, -0.25) is 5.10 Å². The summed E-state index contributed by atoms with van der Waals surface area (Å²) in [4.78, 5) is 0. The molecule has 0 saturated carbocycles. The molecule has 18 heavy (non-hydrogen) atoms. The molecule has 7 heteroatoms. The Morgan fingerprint density at radius 3 is 2.28 bits per heavy atom. The quantitative estimate of drug-likeness (QED) is 0.656. The summed E-state index contributed by atoms with van der Waals surface area (Å²) in [5, 5.41) is 8.61. The van der Waals surface area contributed by atoms with Gasteiger partial charge in [-0.15, -0.1) is 0 Å². The second kappa shape index (κ2) is 4.67. The fourth-order valence-corrected chi connectivity index (χ4v) is 1.50. The molecule has 2 N–H and O–H groups in total. The van der Waals surface area contributed by atoms with Gasteiger partial charge >= 0.3 is 0 Å². The molecule has 3 nitrogen and oxygen atoms in total. The van der Waals surface area contributed by atoms with Crippen LogP contribution in [-0.4, -0.2) is 10.2 Å². The third-order valence-corrected chi connectivity index (χ3v) is 2.46. The molecular formula is C11H9F4N3. The maximum absolute atomic E-state index is 13.4. The van der Waals surface area contributed by atoms with Gasteiger partial charge in [0, 0.05) is 12.3 Å². The minimum Gasteiger partial charge on any atom is -0.372 e. The topological polar surface area (TPSA) is 40.7 Å². The molecule has 96 valence electrons. The van der Waals surface area contributed by atoms with Gasteiger partial charge in [0.25, 0.3) is 0 Å². The lowest BCUT2D eigenvalue weighted by Gasteiger charge is -2.15. The first-order valence-electron chi connectivity index (χ1n) is 5.09. The number of rotatable bonds is 3. The lowest BCUT2D eigenvalue weighted by molar-refractivity contribution is 0.457. The van der Waals surface area contributed by atoms with Gasteiger partial charge in [0.2, 0.25) is 0 Å². The van der Waals surface area contributed by atoms with Crippen LogP contribution < -0.4 is 5.32 Å². The molecule has 0 aliphatic heterocycles. The monoisotopic (exact) mass is 259 g/mol. The Bertz CT molecular complexity index is 528. The van der Waals surface area contributed by atoms with Gasteiger partial charge in [-0.1, -0.05) is 0 Å². The second-order valence-electron chi connectivity index (χ2n) is 3.72. The molecule has 0 aliphatic rings. The number of aromatic nitrogens is 2. The fraction of sp³-hybridized carbons (Fsp3) is 0.182. The van der Waals surface area contributed by atoms with E-state index in [1.165, 1.54) is 6.20 Å². The highest BCUT2D eigenvalue weighted by Gasteiger charge is 2.21. The van der Waals surface area contributed by atoms with Crippen LogP contribution in [0.2, 0.25) is 0 Å². The molecule has 1 aromatic heterocycles. The average Bonchev–Trinajstić information content (AvgIpc) is 2.85. The van der Waals surface area contributed by atoms with Crippen molar-refractivity contribution in [1.29, 1.82) is 0 Å². The van der Waals surface area contributed by atoms with E-state index < -0.39 is 35.0 Å². The van der Waals surface area contributed by atoms with Crippen molar-refractivity contribution >= 4 is 5.69 Å². The van der Waals surface area contributed by atoms with E-state index in [1.54, 1.807) is 13.0 Å². The van der Waals surface area contributed by atoms with Crippen LogP contribution in [0.5, 0.6) is 0 Å². The highest BCUT2D eigenvalue weighted by atomic mass is 19.2. The molecule has 1 unspecified atom stereocenters. The number of hydrogen-bond donors (Lipinski definition) is 2. The number of nitrogens with zero attached hydrogens (tertiary/aromatic N) is 1. The van der Waals surface area contributed by atoms with Gasteiger partial charge in [-0.05, 0) is 13.0 Å². The van der Waals surface area contributed by atoms with Crippen LogP contribution in [0, 0.1) is 23.3 Å². The predicted molar refractivity (Wildman–Crippen MR) is 56.9 cm³/mol. The summed E-state index contributed by atoms with van der Waals surface area (Å²) in [6.07, 6.45) is 1.45. The Hall–Kier alpha value is -2.05. The molecule has 1 heterocycles. The van der Waals surface area contributed by atoms with Crippen molar-refractivity contribution in [3.8, 4) is 0 Å². The van der Waals surface area contributed by atoms with Crippen LogP contribution >= 0.6 is 0 Å². The van der Waals surface area contributed by atoms with Gasteiger partial charge < -0.3 is 5.32 Å². The summed E-state index contributed by atoms with van der Waals surface area (Å²) in [6, 6.07) is 1.15. The van der Waals surface area contributed by atoms with Crippen molar-refractivity contribution in [2.24, 2.45) is 0 Å². The highest BCUT2D eigenvalue weighted by Crippen LogP contribution is 2.27. The molecule has 0 amide bonds. The highest BCUT2D eigenvalue weighted by molar-refractivity contribution is 5.48. The molecule has 0 bridgehead atoms.